The Hall–Kier alpha value is -0.660. The molecular formula is C11H12Br2N2O3. The summed E-state index contributed by atoms with van der Waals surface area (Å²) in [5, 5.41) is 3.10. The quantitative estimate of drug-likeness (QED) is 0.816. The molecule has 1 aromatic rings. The number of furan rings is 1. The van der Waals surface area contributed by atoms with E-state index in [1.807, 2.05) is 6.07 Å². The predicted octanol–water partition coefficient (Wildman–Crippen LogP) is 2.04. The SMILES string of the molecule is CN1C(=O)CCC(NCc2cc(Br)c(Br)o2)C1=O. The van der Waals surface area contributed by atoms with Crippen LogP contribution in [-0.4, -0.2) is 29.8 Å². The van der Waals surface area contributed by atoms with Crippen molar-refractivity contribution >= 4 is 43.7 Å². The maximum Gasteiger partial charge on any atom is 0.246 e. The van der Waals surface area contributed by atoms with Crippen LogP contribution < -0.4 is 5.32 Å². The summed E-state index contributed by atoms with van der Waals surface area (Å²) in [4.78, 5) is 24.3. The van der Waals surface area contributed by atoms with Crippen molar-refractivity contribution in [3.05, 3.63) is 21.0 Å². The van der Waals surface area contributed by atoms with Gasteiger partial charge >= 0.3 is 0 Å². The summed E-state index contributed by atoms with van der Waals surface area (Å²) < 4.78 is 6.87. The van der Waals surface area contributed by atoms with E-state index in [1.165, 1.54) is 11.9 Å². The number of carbonyl (C=O) groups excluding carboxylic acids is 2. The average molecular weight is 380 g/mol. The highest BCUT2D eigenvalue weighted by Crippen LogP contribution is 2.26. The van der Waals surface area contributed by atoms with Gasteiger partial charge in [0, 0.05) is 13.5 Å². The van der Waals surface area contributed by atoms with Crippen molar-refractivity contribution in [2.45, 2.75) is 25.4 Å². The third-order valence-corrected chi connectivity index (χ3v) is 4.58. The third kappa shape index (κ3) is 2.84. The molecule has 0 saturated carbocycles. The first kappa shape index (κ1) is 13.8. The number of piperidine rings is 1. The van der Waals surface area contributed by atoms with Gasteiger partial charge in [-0.25, -0.2) is 0 Å². The van der Waals surface area contributed by atoms with E-state index in [9.17, 15) is 9.59 Å². The van der Waals surface area contributed by atoms with Crippen LogP contribution in [0.5, 0.6) is 0 Å². The molecule has 0 bridgehead atoms. The summed E-state index contributed by atoms with van der Waals surface area (Å²) in [6.07, 6.45) is 0.927. The summed E-state index contributed by atoms with van der Waals surface area (Å²) in [6, 6.07) is 1.51. The monoisotopic (exact) mass is 378 g/mol. The van der Waals surface area contributed by atoms with Crippen molar-refractivity contribution in [2.75, 3.05) is 7.05 Å². The zero-order valence-electron chi connectivity index (χ0n) is 9.70. The van der Waals surface area contributed by atoms with Gasteiger partial charge in [0.15, 0.2) is 4.67 Å². The molecule has 2 amide bonds. The van der Waals surface area contributed by atoms with Crippen molar-refractivity contribution in [3.63, 3.8) is 0 Å². The lowest BCUT2D eigenvalue weighted by molar-refractivity contribution is -0.148. The number of likely N-dealkylation sites (tertiary alicyclic amines) is 1. The van der Waals surface area contributed by atoms with Gasteiger partial charge in [-0.3, -0.25) is 19.8 Å². The Morgan fingerprint density at radius 1 is 1.50 bits per heavy atom. The van der Waals surface area contributed by atoms with Gasteiger partial charge in [-0.1, -0.05) is 0 Å². The van der Waals surface area contributed by atoms with E-state index in [-0.39, 0.29) is 17.9 Å². The fraction of sp³-hybridized carbons (Fsp3) is 0.455. The minimum absolute atomic E-state index is 0.124. The molecule has 1 saturated heterocycles. The number of likely N-dealkylation sites (N-methyl/N-ethyl adjacent to an activating group) is 1. The van der Waals surface area contributed by atoms with Crippen LogP contribution >= 0.6 is 31.9 Å². The molecule has 98 valence electrons. The van der Waals surface area contributed by atoms with Crippen LogP contribution in [0.4, 0.5) is 0 Å². The Morgan fingerprint density at radius 2 is 2.22 bits per heavy atom. The van der Waals surface area contributed by atoms with Crippen LogP contribution in [0.15, 0.2) is 19.6 Å². The molecule has 0 radical (unpaired) electrons. The van der Waals surface area contributed by atoms with Crippen LogP contribution in [0.3, 0.4) is 0 Å². The second-order valence-electron chi connectivity index (χ2n) is 4.10. The maximum atomic E-state index is 11.8. The lowest BCUT2D eigenvalue weighted by Gasteiger charge is -2.27. The Labute approximate surface area is 121 Å². The molecule has 1 N–H and O–H groups in total. The van der Waals surface area contributed by atoms with E-state index in [1.54, 1.807) is 0 Å². The van der Waals surface area contributed by atoms with Crippen LogP contribution in [0.1, 0.15) is 18.6 Å². The van der Waals surface area contributed by atoms with Crippen LogP contribution in [0, 0.1) is 0 Å². The molecule has 0 aliphatic carbocycles. The number of halogens is 2. The number of hydrogen-bond donors (Lipinski definition) is 1. The topological polar surface area (TPSA) is 62.6 Å². The standard InChI is InChI=1S/C11H12Br2N2O3/c1-15-9(16)3-2-8(11(15)17)14-5-6-4-7(12)10(13)18-6/h4,8,14H,2-3,5H2,1H3. The van der Waals surface area contributed by atoms with Crippen LogP contribution in [0.25, 0.3) is 0 Å². The van der Waals surface area contributed by atoms with Crippen molar-refractivity contribution in [2.24, 2.45) is 0 Å². The lowest BCUT2D eigenvalue weighted by Crippen LogP contribution is -2.51. The number of imide groups is 1. The summed E-state index contributed by atoms with van der Waals surface area (Å²) in [5.41, 5.74) is 0. The van der Waals surface area contributed by atoms with Crippen molar-refractivity contribution in [3.8, 4) is 0 Å². The number of rotatable bonds is 3. The molecule has 1 aromatic heterocycles. The average Bonchev–Trinajstić information content (AvgIpc) is 2.65. The predicted molar refractivity (Wildman–Crippen MR) is 71.7 cm³/mol. The fourth-order valence-electron chi connectivity index (χ4n) is 1.81. The largest absolute Gasteiger partial charge is 0.452 e. The Kier molecular flexibility index (Phi) is 4.24. The molecule has 1 unspecified atom stereocenters. The van der Waals surface area contributed by atoms with Crippen molar-refractivity contribution < 1.29 is 14.0 Å². The first-order valence-electron chi connectivity index (χ1n) is 5.46. The number of nitrogens with zero attached hydrogens (tertiary/aromatic N) is 1. The van der Waals surface area contributed by atoms with E-state index < -0.39 is 0 Å². The van der Waals surface area contributed by atoms with Crippen molar-refractivity contribution in [1.82, 2.24) is 10.2 Å². The van der Waals surface area contributed by atoms with Crippen molar-refractivity contribution in [1.29, 1.82) is 0 Å². The lowest BCUT2D eigenvalue weighted by atomic mass is 10.0. The molecule has 2 heterocycles. The summed E-state index contributed by atoms with van der Waals surface area (Å²) >= 11 is 6.57. The number of nitrogens with one attached hydrogen (secondary N) is 1. The molecule has 2 rings (SSSR count). The maximum absolute atomic E-state index is 11.8. The first-order chi connectivity index (χ1) is 8.49. The number of amides is 2. The normalized spacial score (nSPS) is 20.6. The van der Waals surface area contributed by atoms with E-state index >= 15 is 0 Å². The van der Waals surface area contributed by atoms with Gasteiger partial charge in [-0.2, -0.15) is 0 Å². The summed E-state index contributed by atoms with van der Waals surface area (Å²) in [6.45, 7) is 0.447. The molecule has 1 fully saturated rings. The fourth-order valence-corrected chi connectivity index (χ4v) is 2.47. The highest BCUT2D eigenvalue weighted by atomic mass is 79.9. The molecule has 0 spiro atoms. The highest BCUT2D eigenvalue weighted by molar-refractivity contribution is 9.13. The van der Waals surface area contributed by atoms with Gasteiger partial charge in [0.05, 0.1) is 17.1 Å². The van der Waals surface area contributed by atoms with Gasteiger partial charge in [0.1, 0.15) is 5.76 Å². The molecule has 18 heavy (non-hydrogen) atoms. The molecule has 1 atom stereocenters. The molecule has 1 aliphatic heterocycles. The van der Waals surface area contributed by atoms with E-state index in [4.69, 9.17) is 4.42 Å². The molecule has 0 aromatic carbocycles. The molecule has 7 heteroatoms. The van der Waals surface area contributed by atoms with Gasteiger partial charge < -0.3 is 4.42 Å². The van der Waals surface area contributed by atoms with Gasteiger partial charge in [0.2, 0.25) is 11.8 Å². The van der Waals surface area contributed by atoms with E-state index in [0.29, 0.717) is 24.1 Å². The Bertz CT molecular complexity index is 467. The Balaban J connectivity index is 1.94. The minimum Gasteiger partial charge on any atom is -0.452 e. The second kappa shape index (κ2) is 5.54. The molecule has 5 nitrogen and oxygen atoms in total. The highest BCUT2D eigenvalue weighted by Gasteiger charge is 2.31. The van der Waals surface area contributed by atoms with Gasteiger partial charge in [0.25, 0.3) is 0 Å². The van der Waals surface area contributed by atoms with E-state index in [0.717, 1.165) is 10.2 Å². The first-order valence-corrected chi connectivity index (χ1v) is 7.05. The van der Waals surface area contributed by atoms with E-state index in [2.05, 4.69) is 37.2 Å². The zero-order chi connectivity index (χ0) is 13.3. The van der Waals surface area contributed by atoms with Gasteiger partial charge in [-0.15, -0.1) is 0 Å². The molecular weight excluding hydrogens is 368 g/mol. The van der Waals surface area contributed by atoms with Crippen LogP contribution in [-0.2, 0) is 16.1 Å². The smallest absolute Gasteiger partial charge is 0.246 e. The second-order valence-corrected chi connectivity index (χ2v) is 5.67. The van der Waals surface area contributed by atoms with Crippen LogP contribution in [0.2, 0.25) is 0 Å². The third-order valence-electron chi connectivity index (χ3n) is 2.87. The summed E-state index contributed by atoms with van der Waals surface area (Å²) in [5.74, 6) is 0.415. The number of hydrogen-bond acceptors (Lipinski definition) is 4. The molecule has 1 aliphatic rings. The van der Waals surface area contributed by atoms with Gasteiger partial charge in [-0.05, 0) is 44.3 Å². The summed E-state index contributed by atoms with van der Waals surface area (Å²) in [7, 11) is 1.51. The minimum atomic E-state index is -0.324. The Morgan fingerprint density at radius 3 is 2.83 bits per heavy atom. The number of carbonyl (C=O) groups is 2. The zero-order valence-corrected chi connectivity index (χ0v) is 12.9.